The molecule has 4 heteroatoms. The first-order chi connectivity index (χ1) is 10.1. The van der Waals surface area contributed by atoms with Gasteiger partial charge in [0.2, 0.25) is 0 Å². The Labute approximate surface area is 125 Å². The van der Waals surface area contributed by atoms with Gasteiger partial charge in [0.25, 0.3) is 0 Å². The molecular weight excluding hydrogens is 266 g/mol. The summed E-state index contributed by atoms with van der Waals surface area (Å²) >= 11 is 0. The van der Waals surface area contributed by atoms with Crippen LogP contribution in [-0.2, 0) is 0 Å². The Kier molecular flexibility index (Phi) is 5.60. The van der Waals surface area contributed by atoms with Gasteiger partial charge < -0.3 is 19.5 Å². The molecule has 2 aromatic rings. The summed E-state index contributed by atoms with van der Waals surface area (Å²) < 4.78 is 11.5. The molecule has 21 heavy (non-hydrogen) atoms. The first kappa shape index (κ1) is 15.4. The standard InChI is InChI=1S/C17H21NO3/c1-18(2)12-14(19)13-20-16-10-6-7-11-17(16)21-15-8-4-3-5-9-15/h3-11,14,19H,12-13H2,1-2H3. The van der Waals surface area contributed by atoms with E-state index < -0.39 is 6.10 Å². The molecule has 1 unspecified atom stereocenters. The molecule has 4 nitrogen and oxygen atoms in total. The van der Waals surface area contributed by atoms with E-state index in [1.807, 2.05) is 73.6 Å². The fourth-order valence-corrected chi connectivity index (χ4v) is 1.93. The quantitative estimate of drug-likeness (QED) is 0.850. The molecule has 0 radical (unpaired) electrons. The third-order valence-corrected chi connectivity index (χ3v) is 2.83. The second kappa shape index (κ2) is 7.67. The third-order valence-electron chi connectivity index (χ3n) is 2.83. The summed E-state index contributed by atoms with van der Waals surface area (Å²) in [4.78, 5) is 1.92. The minimum absolute atomic E-state index is 0.230. The van der Waals surface area contributed by atoms with Crippen LogP contribution in [0.3, 0.4) is 0 Å². The van der Waals surface area contributed by atoms with Gasteiger partial charge in [-0.2, -0.15) is 0 Å². The number of benzene rings is 2. The Balaban J connectivity index is 2.00. The van der Waals surface area contributed by atoms with Crippen LogP contribution in [0.25, 0.3) is 0 Å². The van der Waals surface area contributed by atoms with Gasteiger partial charge in [-0.05, 0) is 38.4 Å². The van der Waals surface area contributed by atoms with Gasteiger partial charge in [-0.3, -0.25) is 0 Å². The van der Waals surface area contributed by atoms with Gasteiger partial charge in [-0.25, -0.2) is 0 Å². The molecule has 1 N–H and O–H groups in total. The van der Waals surface area contributed by atoms with Crippen LogP contribution in [0, 0.1) is 0 Å². The molecule has 0 amide bonds. The SMILES string of the molecule is CN(C)CC(O)COc1ccccc1Oc1ccccc1. The van der Waals surface area contributed by atoms with E-state index in [-0.39, 0.29) is 6.61 Å². The Morgan fingerprint density at radius 2 is 1.57 bits per heavy atom. The summed E-state index contributed by atoms with van der Waals surface area (Å²) in [5.74, 6) is 2.02. The van der Waals surface area contributed by atoms with Crippen molar-refractivity contribution in [1.82, 2.24) is 4.90 Å². The van der Waals surface area contributed by atoms with Crippen LogP contribution in [0.1, 0.15) is 0 Å². The molecule has 0 saturated carbocycles. The smallest absolute Gasteiger partial charge is 0.169 e. The lowest BCUT2D eigenvalue weighted by Gasteiger charge is -2.18. The highest BCUT2D eigenvalue weighted by atomic mass is 16.5. The van der Waals surface area contributed by atoms with Crippen LogP contribution in [0.5, 0.6) is 17.2 Å². The van der Waals surface area contributed by atoms with E-state index in [1.54, 1.807) is 0 Å². The Hall–Kier alpha value is -2.04. The number of rotatable bonds is 7. The minimum Gasteiger partial charge on any atom is -0.487 e. The maximum Gasteiger partial charge on any atom is 0.169 e. The fraction of sp³-hybridized carbons (Fsp3) is 0.294. The minimum atomic E-state index is -0.537. The van der Waals surface area contributed by atoms with Crippen LogP contribution < -0.4 is 9.47 Å². The van der Waals surface area contributed by atoms with Crippen LogP contribution in [-0.4, -0.2) is 43.4 Å². The number of hydrogen-bond acceptors (Lipinski definition) is 4. The molecule has 1 atom stereocenters. The van der Waals surface area contributed by atoms with Gasteiger partial charge in [0.05, 0.1) is 0 Å². The number of ether oxygens (including phenoxy) is 2. The van der Waals surface area contributed by atoms with Gasteiger partial charge in [0.15, 0.2) is 11.5 Å². The van der Waals surface area contributed by atoms with Crippen molar-refractivity contribution in [3.05, 3.63) is 54.6 Å². The number of para-hydroxylation sites is 3. The highest BCUT2D eigenvalue weighted by Crippen LogP contribution is 2.31. The van der Waals surface area contributed by atoms with Crippen molar-refractivity contribution in [3.8, 4) is 17.2 Å². The fourth-order valence-electron chi connectivity index (χ4n) is 1.93. The van der Waals surface area contributed by atoms with Crippen molar-refractivity contribution in [2.24, 2.45) is 0 Å². The molecular formula is C17H21NO3. The zero-order valence-corrected chi connectivity index (χ0v) is 12.4. The summed E-state index contributed by atoms with van der Waals surface area (Å²) in [6.07, 6.45) is -0.537. The topological polar surface area (TPSA) is 41.9 Å². The van der Waals surface area contributed by atoms with E-state index in [9.17, 15) is 5.11 Å². The molecule has 0 aliphatic heterocycles. The lowest BCUT2D eigenvalue weighted by Crippen LogP contribution is -2.30. The zero-order chi connectivity index (χ0) is 15.1. The van der Waals surface area contributed by atoms with Crippen LogP contribution in [0.2, 0.25) is 0 Å². The van der Waals surface area contributed by atoms with E-state index in [2.05, 4.69) is 0 Å². The second-order valence-corrected chi connectivity index (χ2v) is 5.09. The molecule has 0 aromatic heterocycles. The first-order valence-corrected chi connectivity index (χ1v) is 6.92. The van der Waals surface area contributed by atoms with Crippen LogP contribution in [0.15, 0.2) is 54.6 Å². The molecule has 0 spiro atoms. The summed E-state index contributed by atoms with van der Waals surface area (Å²) in [6, 6.07) is 17.0. The lowest BCUT2D eigenvalue weighted by atomic mass is 10.3. The summed E-state index contributed by atoms with van der Waals surface area (Å²) in [7, 11) is 3.82. The van der Waals surface area contributed by atoms with Gasteiger partial charge in [0.1, 0.15) is 18.5 Å². The number of hydrogen-bond donors (Lipinski definition) is 1. The van der Waals surface area contributed by atoms with Crippen LogP contribution >= 0.6 is 0 Å². The van der Waals surface area contributed by atoms with Crippen molar-refractivity contribution >= 4 is 0 Å². The van der Waals surface area contributed by atoms with Gasteiger partial charge >= 0.3 is 0 Å². The van der Waals surface area contributed by atoms with E-state index in [4.69, 9.17) is 9.47 Å². The van der Waals surface area contributed by atoms with Gasteiger partial charge in [0, 0.05) is 6.54 Å². The average Bonchev–Trinajstić information content (AvgIpc) is 2.47. The molecule has 2 rings (SSSR count). The molecule has 0 fully saturated rings. The lowest BCUT2D eigenvalue weighted by molar-refractivity contribution is 0.0821. The molecule has 2 aromatic carbocycles. The zero-order valence-electron chi connectivity index (χ0n) is 12.4. The van der Waals surface area contributed by atoms with E-state index in [1.165, 1.54) is 0 Å². The number of nitrogens with zero attached hydrogens (tertiary/aromatic N) is 1. The maximum absolute atomic E-state index is 9.85. The van der Waals surface area contributed by atoms with E-state index >= 15 is 0 Å². The number of likely N-dealkylation sites (N-methyl/N-ethyl adjacent to an activating group) is 1. The van der Waals surface area contributed by atoms with Crippen molar-refractivity contribution < 1.29 is 14.6 Å². The highest BCUT2D eigenvalue weighted by molar-refractivity contribution is 5.42. The highest BCUT2D eigenvalue weighted by Gasteiger charge is 2.10. The monoisotopic (exact) mass is 287 g/mol. The molecule has 0 aliphatic carbocycles. The predicted molar refractivity (Wildman–Crippen MR) is 83.0 cm³/mol. The molecule has 0 aliphatic rings. The number of aliphatic hydroxyl groups is 1. The maximum atomic E-state index is 9.85. The molecule has 0 bridgehead atoms. The predicted octanol–water partition coefficient (Wildman–Crippen LogP) is 2.78. The Morgan fingerprint density at radius 1 is 0.952 bits per heavy atom. The summed E-state index contributed by atoms with van der Waals surface area (Å²) in [6.45, 7) is 0.787. The number of aliphatic hydroxyl groups excluding tert-OH is 1. The Morgan fingerprint density at radius 3 is 2.24 bits per heavy atom. The van der Waals surface area contributed by atoms with Crippen molar-refractivity contribution in [3.63, 3.8) is 0 Å². The largest absolute Gasteiger partial charge is 0.487 e. The Bertz CT molecular complexity index is 543. The van der Waals surface area contributed by atoms with Crippen molar-refractivity contribution in [1.29, 1.82) is 0 Å². The summed E-state index contributed by atoms with van der Waals surface area (Å²) in [5, 5.41) is 9.85. The second-order valence-electron chi connectivity index (χ2n) is 5.09. The van der Waals surface area contributed by atoms with Crippen molar-refractivity contribution in [2.45, 2.75) is 6.10 Å². The van der Waals surface area contributed by atoms with E-state index in [0.717, 1.165) is 5.75 Å². The molecule has 112 valence electrons. The van der Waals surface area contributed by atoms with Gasteiger partial charge in [-0.15, -0.1) is 0 Å². The van der Waals surface area contributed by atoms with Crippen molar-refractivity contribution in [2.75, 3.05) is 27.2 Å². The van der Waals surface area contributed by atoms with Crippen LogP contribution in [0.4, 0.5) is 0 Å². The van der Waals surface area contributed by atoms with Gasteiger partial charge in [-0.1, -0.05) is 30.3 Å². The summed E-state index contributed by atoms with van der Waals surface area (Å²) in [5.41, 5.74) is 0. The normalized spacial score (nSPS) is 12.2. The first-order valence-electron chi connectivity index (χ1n) is 6.92. The third kappa shape index (κ3) is 5.10. The average molecular weight is 287 g/mol. The van der Waals surface area contributed by atoms with E-state index in [0.29, 0.717) is 18.0 Å². The molecule has 0 saturated heterocycles. The molecule has 0 heterocycles.